The molecule has 8 nitrogen and oxygen atoms in total. The molecule has 1 amide bonds. The molecule has 4 rings (SSSR count). The quantitative estimate of drug-likeness (QED) is 0.540. The highest BCUT2D eigenvalue weighted by Crippen LogP contribution is 2.34. The third-order valence-electron chi connectivity index (χ3n) is 5.45. The Morgan fingerprint density at radius 1 is 1.12 bits per heavy atom. The third kappa shape index (κ3) is 4.53. The number of ether oxygens (including phenoxy) is 1. The van der Waals surface area contributed by atoms with E-state index in [0.717, 1.165) is 5.56 Å². The average Bonchev–Trinajstić information content (AvgIpc) is 3.18. The van der Waals surface area contributed by atoms with Gasteiger partial charge in [0.2, 0.25) is 6.35 Å². The SMILES string of the molecule is CN1c2nc(-c3ccc(OC(F)F)cc3)n(Cc3ccccc3)c2C(=O)N(CCCO)C1O. The van der Waals surface area contributed by atoms with Gasteiger partial charge in [0.15, 0.2) is 11.5 Å². The maximum absolute atomic E-state index is 13.4. The summed E-state index contributed by atoms with van der Waals surface area (Å²) in [7, 11) is 1.63. The zero-order chi connectivity index (χ0) is 23.5. The van der Waals surface area contributed by atoms with Crippen LogP contribution < -0.4 is 9.64 Å². The Morgan fingerprint density at radius 3 is 2.45 bits per heavy atom. The summed E-state index contributed by atoms with van der Waals surface area (Å²) >= 11 is 0. The molecule has 0 saturated carbocycles. The van der Waals surface area contributed by atoms with E-state index < -0.39 is 18.9 Å². The van der Waals surface area contributed by atoms with Crippen molar-refractivity contribution in [2.24, 2.45) is 0 Å². The van der Waals surface area contributed by atoms with E-state index in [0.29, 0.717) is 35.9 Å². The number of nitrogens with zero attached hydrogens (tertiary/aromatic N) is 4. The van der Waals surface area contributed by atoms with E-state index in [1.165, 1.54) is 21.9 Å². The third-order valence-corrected chi connectivity index (χ3v) is 5.45. The van der Waals surface area contributed by atoms with Crippen LogP contribution in [-0.4, -0.2) is 63.7 Å². The number of benzene rings is 2. The van der Waals surface area contributed by atoms with Crippen LogP contribution in [0.25, 0.3) is 11.4 Å². The number of aliphatic hydroxyl groups is 2. The van der Waals surface area contributed by atoms with Crippen molar-refractivity contribution >= 4 is 11.7 Å². The van der Waals surface area contributed by atoms with Gasteiger partial charge in [-0.3, -0.25) is 9.69 Å². The summed E-state index contributed by atoms with van der Waals surface area (Å²) < 4.78 is 31.2. The van der Waals surface area contributed by atoms with Crippen molar-refractivity contribution < 1.29 is 28.5 Å². The lowest BCUT2D eigenvalue weighted by atomic mass is 10.1. The zero-order valence-electron chi connectivity index (χ0n) is 17.9. The number of halogens is 2. The minimum Gasteiger partial charge on any atom is -0.435 e. The number of aliphatic hydroxyl groups excluding tert-OH is 2. The van der Waals surface area contributed by atoms with Crippen molar-refractivity contribution in [2.75, 3.05) is 25.1 Å². The van der Waals surface area contributed by atoms with Crippen LogP contribution in [-0.2, 0) is 6.54 Å². The molecular formula is C23H24F2N4O4. The molecule has 1 atom stereocenters. The molecule has 33 heavy (non-hydrogen) atoms. The van der Waals surface area contributed by atoms with Gasteiger partial charge >= 0.3 is 6.61 Å². The molecule has 0 saturated heterocycles. The smallest absolute Gasteiger partial charge is 0.387 e. The molecule has 174 valence electrons. The maximum Gasteiger partial charge on any atom is 0.387 e. The summed E-state index contributed by atoms with van der Waals surface area (Å²) in [5.74, 6) is 0.366. The largest absolute Gasteiger partial charge is 0.435 e. The number of rotatable bonds is 8. The maximum atomic E-state index is 13.4. The van der Waals surface area contributed by atoms with Gasteiger partial charge in [0.25, 0.3) is 5.91 Å². The van der Waals surface area contributed by atoms with Crippen molar-refractivity contribution in [3.8, 4) is 17.1 Å². The van der Waals surface area contributed by atoms with E-state index in [1.807, 2.05) is 30.3 Å². The molecule has 3 aromatic rings. The first-order valence-corrected chi connectivity index (χ1v) is 10.4. The monoisotopic (exact) mass is 458 g/mol. The molecule has 2 aromatic carbocycles. The number of fused-ring (bicyclic) bond motifs is 1. The van der Waals surface area contributed by atoms with Crippen LogP contribution in [0.4, 0.5) is 14.6 Å². The molecule has 1 aliphatic heterocycles. The Bertz CT molecular complexity index is 1110. The summed E-state index contributed by atoms with van der Waals surface area (Å²) in [6.07, 6.45) is -0.914. The summed E-state index contributed by atoms with van der Waals surface area (Å²) in [5, 5.41) is 19.9. The number of anilines is 1. The number of hydrogen-bond acceptors (Lipinski definition) is 6. The minimum atomic E-state index is -2.93. The van der Waals surface area contributed by atoms with Gasteiger partial charge < -0.3 is 24.4 Å². The van der Waals surface area contributed by atoms with Gasteiger partial charge in [0.05, 0.1) is 0 Å². The van der Waals surface area contributed by atoms with E-state index in [2.05, 4.69) is 9.72 Å². The second kappa shape index (κ2) is 9.55. The molecule has 0 spiro atoms. The molecule has 2 heterocycles. The molecule has 1 aliphatic rings. The van der Waals surface area contributed by atoms with Gasteiger partial charge in [-0.05, 0) is 36.2 Å². The van der Waals surface area contributed by atoms with Crippen LogP contribution in [0.15, 0.2) is 54.6 Å². The molecule has 0 radical (unpaired) electrons. The fourth-order valence-corrected chi connectivity index (χ4v) is 3.84. The first kappa shape index (κ1) is 22.7. The van der Waals surface area contributed by atoms with Gasteiger partial charge in [-0.25, -0.2) is 4.98 Å². The minimum absolute atomic E-state index is 0.0125. The molecule has 2 N–H and O–H groups in total. The first-order valence-electron chi connectivity index (χ1n) is 10.4. The van der Waals surface area contributed by atoms with E-state index in [-0.39, 0.29) is 18.9 Å². The highest BCUT2D eigenvalue weighted by Gasteiger charge is 2.39. The number of imidazole rings is 1. The number of alkyl halides is 2. The number of hydrogen-bond donors (Lipinski definition) is 2. The van der Waals surface area contributed by atoms with Crippen LogP contribution in [0, 0.1) is 0 Å². The van der Waals surface area contributed by atoms with Crippen LogP contribution >= 0.6 is 0 Å². The van der Waals surface area contributed by atoms with Gasteiger partial charge in [-0.2, -0.15) is 8.78 Å². The first-order chi connectivity index (χ1) is 15.9. The second-order valence-electron chi connectivity index (χ2n) is 7.62. The fourth-order valence-electron chi connectivity index (χ4n) is 3.84. The van der Waals surface area contributed by atoms with Crippen molar-refractivity contribution in [2.45, 2.75) is 25.9 Å². The van der Waals surface area contributed by atoms with Crippen molar-refractivity contribution in [3.63, 3.8) is 0 Å². The number of aromatic nitrogens is 2. The molecule has 10 heteroatoms. The molecule has 0 fully saturated rings. The predicted molar refractivity (Wildman–Crippen MR) is 117 cm³/mol. The van der Waals surface area contributed by atoms with Gasteiger partial charge in [0.1, 0.15) is 11.6 Å². The molecular weight excluding hydrogens is 434 g/mol. The second-order valence-corrected chi connectivity index (χ2v) is 7.62. The predicted octanol–water partition coefficient (Wildman–Crippen LogP) is 2.75. The summed E-state index contributed by atoms with van der Waals surface area (Å²) in [6.45, 7) is -2.54. The van der Waals surface area contributed by atoms with E-state index in [9.17, 15) is 23.8 Å². The Hall–Kier alpha value is -3.50. The zero-order valence-corrected chi connectivity index (χ0v) is 17.9. The average molecular weight is 458 g/mol. The van der Waals surface area contributed by atoms with E-state index >= 15 is 0 Å². The van der Waals surface area contributed by atoms with E-state index in [1.54, 1.807) is 23.7 Å². The number of carbonyl (C=O) groups excluding carboxylic acids is 1. The van der Waals surface area contributed by atoms with Crippen molar-refractivity contribution in [3.05, 3.63) is 65.9 Å². The van der Waals surface area contributed by atoms with Gasteiger partial charge in [0, 0.05) is 32.3 Å². The Kier molecular flexibility index (Phi) is 6.57. The standard InChI is InChI=1S/C23H24F2N4O4/c1-27-20-18(21(31)28(23(27)32)12-5-13-30)29(14-15-6-3-2-4-7-15)19(26-20)16-8-10-17(11-9-16)33-22(24)25/h2-4,6-11,22-23,30,32H,5,12-14H2,1H3. The molecule has 1 unspecified atom stereocenters. The topological polar surface area (TPSA) is 91.1 Å². The number of amides is 1. The molecule has 0 bridgehead atoms. The van der Waals surface area contributed by atoms with Crippen molar-refractivity contribution in [1.82, 2.24) is 14.5 Å². The fraction of sp³-hybridized carbons (Fsp3) is 0.304. The summed E-state index contributed by atoms with van der Waals surface area (Å²) in [6, 6.07) is 15.5. The Morgan fingerprint density at radius 2 is 1.82 bits per heavy atom. The molecule has 1 aromatic heterocycles. The van der Waals surface area contributed by atoms with Gasteiger partial charge in [-0.15, -0.1) is 0 Å². The number of carbonyl (C=O) groups is 1. The van der Waals surface area contributed by atoms with Gasteiger partial charge in [-0.1, -0.05) is 30.3 Å². The van der Waals surface area contributed by atoms with Crippen LogP contribution in [0.1, 0.15) is 22.5 Å². The highest BCUT2D eigenvalue weighted by atomic mass is 19.3. The van der Waals surface area contributed by atoms with E-state index in [4.69, 9.17) is 0 Å². The van der Waals surface area contributed by atoms with Crippen LogP contribution in [0.3, 0.4) is 0 Å². The van der Waals surface area contributed by atoms with Crippen molar-refractivity contribution in [1.29, 1.82) is 0 Å². The lowest BCUT2D eigenvalue weighted by Gasteiger charge is -2.38. The van der Waals surface area contributed by atoms with Crippen LogP contribution in [0.2, 0.25) is 0 Å². The molecule has 0 aliphatic carbocycles. The summed E-state index contributed by atoms with van der Waals surface area (Å²) in [4.78, 5) is 20.8. The lowest BCUT2D eigenvalue weighted by molar-refractivity contribution is -0.0498. The Balaban J connectivity index is 1.81. The lowest BCUT2D eigenvalue weighted by Crippen LogP contribution is -2.54. The highest BCUT2D eigenvalue weighted by molar-refractivity contribution is 6.00. The van der Waals surface area contributed by atoms with Crippen LogP contribution in [0.5, 0.6) is 5.75 Å². The summed E-state index contributed by atoms with van der Waals surface area (Å²) in [5.41, 5.74) is 1.83. The normalized spacial score (nSPS) is 15.8. The Labute approximate surface area is 189 Å².